The summed E-state index contributed by atoms with van der Waals surface area (Å²) in [6.45, 7) is 1.95. The van der Waals surface area contributed by atoms with Crippen molar-refractivity contribution >= 4 is 52.6 Å². The van der Waals surface area contributed by atoms with Gasteiger partial charge in [-0.25, -0.2) is 5.43 Å². The third-order valence-corrected chi connectivity index (χ3v) is 4.03. The van der Waals surface area contributed by atoms with Crippen molar-refractivity contribution in [2.45, 2.75) is 6.92 Å². The Balaban J connectivity index is 1.87. The summed E-state index contributed by atoms with van der Waals surface area (Å²) in [4.78, 5) is 11.8. The molecular formula is C16H14Cl3N3O. The van der Waals surface area contributed by atoms with Crippen molar-refractivity contribution in [3.05, 3.63) is 62.6 Å². The van der Waals surface area contributed by atoms with E-state index in [-0.39, 0.29) is 12.5 Å². The van der Waals surface area contributed by atoms with Gasteiger partial charge < -0.3 is 5.32 Å². The lowest BCUT2D eigenvalue weighted by atomic mass is 10.2. The first kappa shape index (κ1) is 17.6. The molecule has 1 amide bonds. The van der Waals surface area contributed by atoms with Crippen LogP contribution in [0.5, 0.6) is 0 Å². The van der Waals surface area contributed by atoms with E-state index in [1.165, 1.54) is 6.21 Å². The summed E-state index contributed by atoms with van der Waals surface area (Å²) in [5.74, 6) is -0.286. The highest BCUT2D eigenvalue weighted by atomic mass is 35.5. The minimum absolute atomic E-state index is 0.0763. The highest BCUT2D eigenvalue weighted by molar-refractivity contribution is 6.36. The van der Waals surface area contributed by atoms with Crippen LogP contribution in [0, 0.1) is 6.92 Å². The average Bonchev–Trinajstić information content (AvgIpc) is 2.51. The van der Waals surface area contributed by atoms with Gasteiger partial charge in [-0.15, -0.1) is 0 Å². The number of rotatable bonds is 5. The second-order valence-electron chi connectivity index (χ2n) is 4.72. The van der Waals surface area contributed by atoms with Gasteiger partial charge in [0.15, 0.2) is 0 Å². The van der Waals surface area contributed by atoms with Gasteiger partial charge in [-0.3, -0.25) is 4.79 Å². The highest BCUT2D eigenvalue weighted by Crippen LogP contribution is 2.22. The molecule has 120 valence electrons. The van der Waals surface area contributed by atoms with E-state index >= 15 is 0 Å². The third kappa shape index (κ3) is 5.13. The molecule has 0 aliphatic heterocycles. The zero-order chi connectivity index (χ0) is 16.8. The largest absolute Gasteiger partial charge is 0.376 e. The molecule has 0 heterocycles. The van der Waals surface area contributed by atoms with Crippen molar-refractivity contribution in [1.29, 1.82) is 0 Å². The van der Waals surface area contributed by atoms with Crippen LogP contribution < -0.4 is 10.7 Å². The van der Waals surface area contributed by atoms with Crippen molar-refractivity contribution in [3.63, 3.8) is 0 Å². The molecule has 0 aromatic heterocycles. The molecular weight excluding hydrogens is 357 g/mol. The van der Waals surface area contributed by atoms with E-state index in [9.17, 15) is 4.79 Å². The number of halogens is 3. The van der Waals surface area contributed by atoms with E-state index < -0.39 is 0 Å². The first-order valence-electron chi connectivity index (χ1n) is 6.73. The van der Waals surface area contributed by atoms with Gasteiger partial charge in [0.25, 0.3) is 5.91 Å². The molecule has 2 rings (SSSR count). The number of nitrogens with one attached hydrogen (secondary N) is 2. The quantitative estimate of drug-likeness (QED) is 0.600. The van der Waals surface area contributed by atoms with Crippen LogP contribution in [0.1, 0.15) is 11.1 Å². The third-order valence-electron chi connectivity index (χ3n) is 3.06. The molecule has 4 nitrogen and oxygen atoms in total. The summed E-state index contributed by atoms with van der Waals surface area (Å²) in [7, 11) is 0. The van der Waals surface area contributed by atoms with Gasteiger partial charge in [-0.1, -0.05) is 46.9 Å². The summed E-state index contributed by atoms with van der Waals surface area (Å²) in [6.07, 6.45) is 1.46. The van der Waals surface area contributed by atoms with Crippen molar-refractivity contribution in [2.75, 3.05) is 11.9 Å². The zero-order valence-corrected chi connectivity index (χ0v) is 14.5. The Morgan fingerprint density at radius 1 is 1.17 bits per heavy atom. The lowest BCUT2D eigenvalue weighted by Crippen LogP contribution is -2.26. The minimum atomic E-state index is -0.286. The maximum absolute atomic E-state index is 11.8. The van der Waals surface area contributed by atoms with Gasteiger partial charge >= 0.3 is 0 Å². The molecule has 0 aliphatic rings. The van der Waals surface area contributed by atoms with Crippen LogP contribution >= 0.6 is 34.8 Å². The van der Waals surface area contributed by atoms with Crippen LogP contribution in [-0.4, -0.2) is 18.7 Å². The predicted molar refractivity (Wildman–Crippen MR) is 96.9 cm³/mol. The first-order valence-corrected chi connectivity index (χ1v) is 7.86. The lowest BCUT2D eigenvalue weighted by Gasteiger charge is -2.09. The van der Waals surface area contributed by atoms with Gasteiger partial charge in [0.2, 0.25) is 0 Å². The molecule has 2 aromatic carbocycles. The molecule has 2 aromatic rings. The normalized spacial score (nSPS) is 10.8. The Morgan fingerprint density at radius 3 is 2.70 bits per heavy atom. The van der Waals surface area contributed by atoms with Gasteiger partial charge in [0, 0.05) is 21.3 Å². The molecule has 0 radical (unpaired) electrons. The summed E-state index contributed by atoms with van der Waals surface area (Å²) in [5, 5.41) is 8.52. The van der Waals surface area contributed by atoms with E-state index in [0.717, 1.165) is 11.3 Å². The predicted octanol–water partition coefficient (Wildman–Crippen LogP) is 4.52. The topological polar surface area (TPSA) is 53.5 Å². The monoisotopic (exact) mass is 369 g/mol. The van der Waals surface area contributed by atoms with Crippen LogP contribution in [0.15, 0.2) is 41.5 Å². The van der Waals surface area contributed by atoms with E-state index in [1.54, 1.807) is 24.3 Å². The van der Waals surface area contributed by atoms with E-state index in [0.29, 0.717) is 20.6 Å². The first-order chi connectivity index (χ1) is 11.0. The molecule has 0 fully saturated rings. The number of nitrogens with zero attached hydrogens (tertiary/aromatic N) is 1. The second-order valence-corrected chi connectivity index (χ2v) is 5.98. The molecule has 0 bridgehead atoms. The smallest absolute Gasteiger partial charge is 0.259 e. The molecule has 0 unspecified atom stereocenters. The molecule has 0 saturated heterocycles. The van der Waals surface area contributed by atoms with E-state index in [4.69, 9.17) is 34.8 Å². The molecule has 2 N–H and O–H groups in total. The van der Waals surface area contributed by atoms with Crippen molar-refractivity contribution in [1.82, 2.24) is 5.43 Å². The SMILES string of the molecule is Cc1c(Cl)cccc1NCC(=O)NN=Cc1ccc(Cl)cc1Cl. The zero-order valence-electron chi connectivity index (χ0n) is 12.2. The molecule has 0 saturated carbocycles. The molecule has 23 heavy (non-hydrogen) atoms. The Morgan fingerprint density at radius 2 is 1.96 bits per heavy atom. The van der Waals surface area contributed by atoms with Crippen LogP contribution in [-0.2, 0) is 4.79 Å². The highest BCUT2D eigenvalue weighted by Gasteiger charge is 2.04. The summed E-state index contributed by atoms with van der Waals surface area (Å²) >= 11 is 17.8. The fourth-order valence-electron chi connectivity index (χ4n) is 1.79. The fraction of sp³-hybridized carbons (Fsp3) is 0.125. The Labute approximate surface area is 149 Å². The van der Waals surface area contributed by atoms with Gasteiger partial charge in [-0.05, 0) is 36.8 Å². The summed E-state index contributed by atoms with van der Waals surface area (Å²) in [6, 6.07) is 10.5. The van der Waals surface area contributed by atoms with Crippen LogP contribution in [0.25, 0.3) is 0 Å². The number of amides is 1. The number of hydrogen-bond acceptors (Lipinski definition) is 3. The Kier molecular flexibility index (Phi) is 6.28. The van der Waals surface area contributed by atoms with Crippen molar-refractivity contribution in [2.24, 2.45) is 5.10 Å². The van der Waals surface area contributed by atoms with E-state index in [2.05, 4.69) is 15.8 Å². The standard InChI is InChI=1S/C16H14Cl3N3O/c1-10-13(18)3-2-4-15(10)20-9-16(23)22-21-8-11-5-6-12(17)7-14(11)19/h2-8,20H,9H2,1H3,(H,22,23). The van der Waals surface area contributed by atoms with Gasteiger partial charge in [-0.2, -0.15) is 5.10 Å². The van der Waals surface area contributed by atoms with Crippen LogP contribution in [0.2, 0.25) is 15.1 Å². The average molecular weight is 371 g/mol. The fourth-order valence-corrected chi connectivity index (χ4v) is 2.43. The van der Waals surface area contributed by atoms with Gasteiger partial charge in [0.1, 0.15) is 0 Å². The lowest BCUT2D eigenvalue weighted by molar-refractivity contribution is -0.119. The number of hydrogen-bond donors (Lipinski definition) is 2. The van der Waals surface area contributed by atoms with Gasteiger partial charge in [0.05, 0.1) is 17.8 Å². The van der Waals surface area contributed by atoms with Crippen molar-refractivity contribution in [3.8, 4) is 0 Å². The summed E-state index contributed by atoms with van der Waals surface area (Å²) < 4.78 is 0. The Hall–Kier alpha value is -1.75. The van der Waals surface area contributed by atoms with Crippen LogP contribution in [0.3, 0.4) is 0 Å². The number of benzene rings is 2. The molecule has 0 aliphatic carbocycles. The number of hydrazone groups is 1. The van der Waals surface area contributed by atoms with Crippen molar-refractivity contribution < 1.29 is 4.79 Å². The maximum Gasteiger partial charge on any atom is 0.259 e. The number of carbonyl (C=O) groups excluding carboxylic acids is 1. The molecule has 0 atom stereocenters. The molecule has 0 spiro atoms. The summed E-state index contributed by atoms with van der Waals surface area (Å²) in [5.41, 5.74) is 4.77. The number of anilines is 1. The van der Waals surface area contributed by atoms with Crippen LogP contribution in [0.4, 0.5) is 5.69 Å². The minimum Gasteiger partial charge on any atom is -0.376 e. The number of carbonyl (C=O) groups is 1. The maximum atomic E-state index is 11.8. The second kappa shape index (κ2) is 8.20. The van der Waals surface area contributed by atoms with E-state index in [1.807, 2.05) is 19.1 Å². The molecule has 7 heteroatoms. The Bertz CT molecular complexity index is 747.